The Balaban J connectivity index is 0.000000200. The number of aliphatic imine (C=N–C) groups is 2. The van der Waals surface area contributed by atoms with Crippen molar-refractivity contribution >= 4 is 68.2 Å². The summed E-state index contributed by atoms with van der Waals surface area (Å²) < 4.78 is 47.1. The van der Waals surface area contributed by atoms with Gasteiger partial charge >= 0.3 is 42.7 Å². The first-order valence-corrected chi connectivity index (χ1v) is 33.3. The molecule has 0 saturated heterocycles. The minimum Gasteiger partial charge on any atom is -0.626 e. The van der Waals surface area contributed by atoms with Crippen LogP contribution in [0.5, 0.6) is 46.3 Å². The van der Waals surface area contributed by atoms with E-state index < -0.39 is 23.2 Å². The molecule has 0 amide bonds. The smallest absolute Gasteiger partial charge is 0.626 e. The first-order chi connectivity index (χ1) is 51.6. The number of carbonyl (C=O) groups is 2. The van der Waals surface area contributed by atoms with Crippen LogP contribution in [0.15, 0.2) is 251 Å². The molecule has 0 unspecified atom stereocenters. The van der Waals surface area contributed by atoms with Crippen molar-refractivity contribution in [3.8, 4) is 58.4 Å². The molecule has 522 valence electrons. The molecule has 12 aromatic rings. The van der Waals surface area contributed by atoms with E-state index in [1.807, 2.05) is 67.5 Å². The maximum absolute atomic E-state index is 14.2. The van der Waals surface area contributed by atoms with Gasteiger partial charge in [0.05, 0.1) is 53.4 Å². The fourth-order valence-electron chi connectivity index (χ4n) is 12.6. The summed E-state index contributed by atoms with van der Waals surface area (Å²) in [6.07, 6.45) is 3.43. The number of carbonyl (C=O) groups excluding carboxylic acids is 2. The van der Waals surface area contributed by atoms with E-state index in [2.05, 4.69) is 46.1 Å². The van der Waals surface area contributed by atoms with Crippen LogP contribution in [-0.4, -0.2) is 23.7 Å². The Morgan fingerprint density at radius 3 is 1.43 bits per heavy atom. The van der Waals surface area contributed by atoms with Gasteiger partial charge in [-0.25, -0.2) is 38.9 Å². The molecule has 0 aliphatic carbocycles. The Morgan fingerprint density at radius 2 is 0.917 bits per heavy atom. The number of aryl methyl sites for hydroxylation is 7. The molecule has 0 N–H and O–H groups in total. The van der Waals surface area contributed by atoms with E-state index in [9.17, 15) is 29.7 Å². The molecule has 21 heteroatoms. The van der Waals surface area contributed by atoms with Crippen molar-refractivity contribution in [2.45, 2.75) is 62.3 Å². The number of benzene rings is 8. The number of hydrogen-bond donors (Lipinski definition) is 0. The number of rotatable bonds is 14. The Kier molecular flexibility index (Phi) is 21.4. The van der Waals surface area contributed by atoms with Gasteiger partial charge in [-0.15, -0.1) is 11.4 Å². The topological polar surface area (TPSA) is 259 Å². The van der Waals surface area contributed by atoms with E-state index in [0.717, 1.165) is 55.6 Å². The van der Waals surface area contributed by atoms with Crippen molar-refractivity contribution in [3.05, 3.63) is 350 Å². The van der Waals surface area contributed by atoms with E-state index in [1.165, 1.54) is 24.3 Å². The van der Waals surface area contributed by atoms with Crippen LogP contribution in [0.2, 0.25) is 0 Å². The average Bonchev–Trinajstić information content (AvgIpc) is 1.53. The van der Waals surface area contributed by atoms with Crippen LogP contribution in [0.3, 0.4) is 0 Å². The number of ether oxygens (including phenoxy) is 6. The molecule has 6 heterocycles. The monoisotopic (exact) mass is 1470 g/mol. The van der Waals surface area contributed by atoms with Gasteiger partial charge in [0.1, 0.15) is 51.2 Å². The van der Waals surface area contributed by atoms with Gasteiger partial charge in [-0.05, 0) is 239 Å². The zero-order chi connectivity index (χ0) is 75.3. The molecule has 20 nitrogen and oxygen atoms in total. The maximum atomic E-state index is 14.2. The van der Waals surface area contributed by atoms with Gasteiger partial charge in [0.15, 0.2) is 11.4 Å². The molecule has 0 atom stereocenters. The van der Waals surface area contributed by atoms with Crippen molar-refractivity contribution in [3.63, 3.8) is 0 Å². The molecule has 2 aliphatic heterocycles. The van der Waals surface area contributed by atoms with E-state index in [0.29, 0.717) is 108 Å². The number of allylic oxidation sites excluding steroid dienone is 2. The standard InChI is InChI=1S/C44H32N4O6.C43H30N4O6.Zn/c1-24-19-25(2)38(26(3)20-24)40(41-27(4)21-36(47-41)51-32-13-7-29(23-45)8-14-32)42-28(5)39(43(48-42)52-33-16-11-31(46-6)12-17-33)44(50)53-34-15-9-30-10-18-37(49)54-35(30)22-34;1-24-18-25(2)39(26(3)19-24)40(41-27(4)20-37(47-41)50-31-15-10-30(45-5)11-16-31)35-22-34(42(46-35)51-32-12-6-28(23-44)7-13-32)43(49)52-33-14-8-29-9-17-38(48)53-36(29)21-33;/h7-22H,1-5H3,(H,47,48,50);6-22H,1-4H3,(H,46,47,49);/q;;+2/p-2. The van der Waals surface area contributed by atoms with Crippen LogP contribution >= 0.6 is 0 Å². The first-order valence-electron chi connectivity index (χ1n) is 33.3. The van der Waals surface area contributed by atoms with Crippen LogP contribution in [0.25, 0.3) is 42.8 Å². The summed E-state index contributed by atoms with van der Waals surface area (Å²) in [6.45, 7) is 32.3. The molecule has 4 aromatic heterocycles. The molecule has 0 saturated carbocycles. The predicted molar refractivity (Wildman–Crippen MR) is 404 cm³/mol. The minimum atomic E-state index is -0.763. The molecule has 2 aliphatic rings. The number of nitriles is 2. The molecule has 0 bridgehead atoms. The van der Waals surface area contributed by atoms with Crippen molar-refractivity contribution in [2.75, 3.05) is 0 Å². The summed E-state index contributed by atoms with van der Waals surface area (Å²) in [5, 5.41) is 19.9. The largest absolute Gasteiger partial charge is 2.00 e. The van der Waals surface area contributed by atoms with Gasteiger partial charge < -0.3 is 47.2 Å². The van der Waals surface area contributed by atoms with Crippen LogP contribution in [0.1, 0.15) is 95.4 Å². The number of nitrogens with zero attached hydrogens (tertiary/aromatic N) is 8. The summed E-state index contributed by atoms with van der Waals surface area (Å²) in [5.41, 5.74) is 14.6. The molecule has 0 radical (unpaired) electrons. The summed E-state index contributed by atoms with van der Waals surface area (Å²) >= 11 is 0. The van der Waals surface area contributed by atoms with Gasteiger partial charge in [-0.1, -0.05) is 65.2 Å². The van der Waals surface area contributed by atoms with Crippen molar-refractivity contribution < 1.29 is 66.3 Å². The SMILES string of the molecule is [C-]#[N+]c1ccc(Oc2[n-]c(/C(=C3\N=C(Oc4ccc(C#N)cc4)C=C3C)c3c(C)cc(C)cc3C)c(C)c2C(=O)Oc2ccc3ccc(=O)oc3c2)cc1.[C-]#[N+]c1ccc(Oc2cc(C)c(/C(=C3/C=C(C(=O)Oc4ccc5ccc(=O)oc5c4)C(Oc4ccc(C#N)cc4)=N3)c3c(C)cc(C)cc3C)[n-]2)cc1.[Zn+2]. The molecule has 8 aromatic carbocycles. The Hall–Kier alpha value is -14.2. The van der Waals surface area contributed by atoms with Gasteiger partial charge in [-0.3, -0.25) is 0 Å². The van der Waals surface area contributed by atoms with Gasteiger partial charge in [0.2, 0.25) is 11.8 Å². The van der Waals surface area contributed by atoms with Crippen molar-refractivity contribution in [2.24, 2.45) is 9.98 Å². The summed E-state index contributed by atoms with van der Waals surface area (Å²) in [4.78, 5) is 78.6. The summed E-state index contributed by atoms with van der Waals surface area (Å²) in [7, 11) is 0. The van der Waals surface area contributed by atoms with E-state index >= 15 is 0 Å². The number of fused-ring (bicyclic) bond motifs is 2. The Bertz CT molecular complexity index is 6130. The summed E-state index contributed by atoms with van der Waals surface area (Å²) in [6, 6.07) is 56.2. The van der Waals surface area contributed by atoms with E-state index in [-0.39, 0.29) is 65.1 Å². The second-order valence-electron chi connectivity index (χ2n) is 25.3. The quantitative estimate of drug-likeness (QED) is 0.0322. The minimum absolute atomic E-state index is 0. The van der Waals surface area contributed by atoms with Gasteiger partial charge in [0, 0.05) is 52.9 Å². The van der Waals surface area contributed by atoms with Crippen LogP contribution in [0.4, 0.5) is 11.4 Å². The van der Waals surface area contributed by atoms with Crippen LogP contribution in [-0.2, 0) is 24.3 Å². The molecular formula is C87H60N8O12Zn. The third-order valence-corrected chi connectivity index (χ3v) is 17.4. The number of hydrogen-bond acceptors (Lipinski definition) is 16. The Morgan fingerprint density at radius 1 is 0.463 bits per heavy atom. The van der Waals surface area contributed by atoms with Gasteiger partial charge in [-0.2, -0.15) is 10.5 Å². The van der Waals surface area contributed by atoms with Crippen LogP contribution in [0, 0.1) is 91.2 Å². The average molecular weight is 1470 g/mol. The van der Waals surface area contributed by atoms with Gasteiger partial charge in [0.25, 0.3) is 0 Å². The molecule has 0 spiro atoms. The van der Waals surface area contributed by atoms with Crippen LogP contribution < -0.4 is 49.6 Å². The zero-order valence-corrected chi connectivity index (χ0v) is 62.7. The molecular weight excluding hydrogens is 1410 g/mol. The fraction of sp³-hybridized carbons (Fsp3) is 0.103. The molecule has 0 fully saturated rings. The van der Waals surface area contributed by atoms with E-state index in [4.69, 9.17) is 70.4 Å². The van der Waals surface area contributed by atoms with E-state index in [1.54, 1.807) is 146 Å². The normalized spacial score (nSPS) is 13.0. The predicted octanol–water partition coefficient (Wildman–Crippen LogP) is 18.6. The maximum Gasteiger partial charge on any atom is 2.00 e. The van der Waals surface area contributed by atoms with Crippen molar-refractivity contribution in [1.82, 2.24) is 9.97 Å². The molecule has 108 heavy (non-hydrogen) atoms. The third-order valence-electron chi connectivity index (χ3n) is 17.4. The number of esters is 2. The second-order valence-corrected chi connectivity index (χ2v) is 25.3. The molecule has 14 rings (SSSR count). The zero-order valence-electron chi connectivity index (χ0n) is 59.7. The number of aromatic nitrogens is 2. The first kappa shape index (κ1) is 73.5. The Labute approximate surface area is 632 Å². The third kappa shape index (κ3) is 15.9. The second kappa shape index (κ2) is 31.4. The fourth-order valence-corrected chi connectivity index (χ4v) is 12.6. The summed E-state index contributed by atoms with van der Waals surface area (Å²) in [5.74, 6) is 1.20. The van der Waals surface area contributed by atoms with Crippen molar-refractivity contribution in [1.29, 1.82) is 10.5 Å².